The number of carbonyl (C=O) groups is 5. The molecule has 0 aromatic heterocycles. The molecule has 1 N–H and O–H groups in total. The number of imide groups is 3. The van der Waals surface area contributed by atoms with Crippen LogP contribution in [0.3, 0.4) is 0 Å². The monoisotopic (exact) mass is 504 g/mol. The van der Waals surface area contributed by atoms with Crippen molar-refractivity contribution in [3.8, 4) is 0 Å². The minimum atomic E-state index is -1.03. The number of halogens is 1. The summed E-state index contributed by atoms with van der Waals surface area (Å²) in [5.74, 6) is -5.32. The lowest BCUT2D eigenvalue weighted by Crippen LogP contribution is -2.42. The third-order valence-electron chi connectivity index (χ3n) is 7.00. The van der Waals surface area contributed by atoms with Gasteiger partial charge in [-0.1, -0.05) is 36.9 Å². The zero-order valence-electron chi connectivity index (χ0n) is 20.0. The second kappa shape index (κ2) is 9.68. The van der Waals surface area contributed by atoms with E-state index >= 15 is 0 Å². The molecule has 0 bridgehead atoms. The van der Waals surface area contributed by atoms with E-state index in [1.54, 1.807) is 24.3 Å². The number of hydrogen-bond acceptors (Lipinski definition) is 6. The molecular formula is C27H25FN4O5. The number of amides is 5. The molecule has 1 saturated carbocycles. The van der Waals surface area contributed by atoms with Crippen molar-refractivity contribution in [3.63, 3.8) is 0 Å². The van der Waals surface area contributed by atoms with Gasteiger partial charge in [0.1, 0.15) is 5.82 Å². The number of likely N-dealkylation sites (tertiary alicyclic amines) is 2. The quantitative estimate of drug-likeness (QED) is 0.629. The first-order valence-electron chi connectivity index (χ1n) is 12.1. The Morgan fingerprint density at radius 3 is 2.46 bits per heavy atom. The third kappa shape index (κ3) is 4.78. The summed E-state index contributed by atoms with van der Waals surface area (Å²) in [7, 11) is 0. The van der Waals surface area contributed by atoms with Crippen LogP contribution < -0.4 is 5.43 Å². The zero-order chi connectivity index (χ0) is 26.3. The normalized spacial score (nSPS) is 26.9. The van der Waals surface area contributed by atoms with Gasteiger partial charge in [0.15, 0.2) is 0 Å². The molecule has 0 spiro atoms. The Morgan fingerprint density at radius 2 is 1.78 bits per heavy atom. The van der Waals surface area contributed by atoms with Crippen LogP contribution in [0.5, 0.6) is 0 Å². The zero-order valence-corrected chi connectivity index (χ0v) is 20.0. The van der Waals surface area contributed by atoms with Crippen LogP contribution in [0, 0.1) is 23.6 Å². The fourth-order valence-electron chi connectivity index (χ4n) is 4.80. The molecule has 5 rings (SSSR count). The van der Waals surface area contributed by atoms with Crippen LogP contribution in [0.25, 0.3) is 0 Å². The highest BCUT2D eigenvalue weighted by molar-refractivity contribution is 6.21. The van der Waals surface area contributed by atoms with E-state index < -0.39 is 40.9 Å². The second-order valence-electron chi connectivity index (χ2n) is 9.65. The smallest absolute Gasteiger partial charge is 0.270 e. The van der Waals surface area contributed by atoms with Gasteiger partial charge in [-0.05, 0) is 36.1 Å². The first kappa shape index (κ1) is 24.5. The van der Waals surface area contributed by atoms with Crippen LogP contribution in [0.2, 0.25) is 0 Å². The number of fused-ring (bicyclic) bond motifs is 1. The molecule has 2 saturated heterocycles. The number of allylic oxidation sites excluding steroid dienone is 4. The van der Waals surface area contributed by atoms with E-state index in [0.717, 1.165) is 18.9 Å². The van der Waals surface area contributed by atoms with E-state index in [-0.39, 0.29) is 43.7 Å². The van der Waals surface area contributed by atoms with E-state index in [1.165, 1.54) is 17.0 Å². The number of rotatable bonds is 4. The summed E-state index contributed by atoms with van der Waals surface area (Å²) < 4.78 is 14.8. The standard InChI is InChI=1S/C27H25FN4O5/c1-15-5-3-2-4-6-23(33)30-29-22(15)12-16-7-10-21(28)18(11-16)25(35)32-26(36)19-13-31(14-20(19)27(32)37)24(34)17-8-9-17/h2-5,7,10-11,17,19-20H,1,6,8-9,12-14H2,(H,30,33)/b4-2-,5-3-,29-22-. The van der Waals surface area contributed by atoms with E-state index in [9.17, 15) is 28.4 Å². The maximum Gasteiger partial charge on any atom is 0.270 e. The lowest BCUT2D eigenvalue weighted by atomic mass is 10.00. The van der Waals surface area contributed by atoms with E-state index in [4.69, 9.17) is 0 Å². The van der Waals surface area contributed by atoms with Gasteiger partial charge in [-0.3, -0.25) is 24.0 Å². The largest absolute Gasteiger partial charge is 0.341 e. The second-order valence-corrected chi connectivity index (χ2v) is 9.65. The maximum atomic E-state index is 14.8. The van der Waals surface area contributed by atoms with E-state index in [0.29, 0.717) is 21.7 Å². The van der Waals surface area contributed by atoms with Crippen LogP contribution in [-0.2, 0) is 25.6 Å². The topological polar surface area (TPSA) is 116 Å². The summed E-state index contributed by atoms with van der Waals surface area (Å²) >= 11 is 0. The Kier molecular flexibility index (Phi) is 6.41. The lowest BCUT2D eigenvalue weighted by molar-refractivity contribution is -0.138. The molecule has 1 aromatic carbocycles. The Balaban J connectivity index is 1.35. The van der Waals surface area contributed by atoms with Gasteiger partial charge < -0.3 is 4.90 Å². The average Bonchev–Trinajstić information content (AvgIpc) is 3.58. The molecule has 37 heavy (non-hydrogen) atoms. The Labute approximate surface area is 212 Å². The van der Waals surface area contributed by atoms with Crippen LogP contribution in [0.15, 0.2) is 59.8 Å². The fourth-order valence-corrected chi connectivity index (χ4v) is 4.80. The molecule has 2 unspecified atom stereocenters. The Hall–Kier alpha value is -4.21. The van der Waals surface area contributed by atoms with Gasteiger partial charge in [-0.25, -0.2) is 14.7 Å². The maximum absolute atomic E-state index is 14.8. The number of nitrogens with one attached hydrogen (secondary N) is 1. The van der Waals surface area contributed by atoms with Gasteiger partial charge in [0.2, 0.25) is 23.6 Å². The van der Waals surface area contributed by atoms with Crippen LogP contribution in [0.1, 0.15) is 35.2 Å². The van der Waals surface area contributed by atoms with Crippen molar-refractivity contribution in [2.45, 2.75) is 25.7 Å². The molecule has 2 atom stereocenters. The third-order valence-corrected chi connectivity index (χ3v) is 7.00. The molecule has 10 heteroatoms. The number of hydrogen-bond donors (Lipinski definition) is 1. The summed E-state index contributed by atoms with van der Waals surface area (Å²) in [6, 6.07) is 3.82. The van der Waals surface area contributed by atoms with Crippen molar-refractivity contribution < 1.29 is 28.4 Å². The molecule has 5 amide bonds. The van der Waals surface area contributed by atoms with Gasteiger partial charge in [0.25, 0.3) is 5.91 Å². The lowest BCUT2D eigenvalue weighted by Gasteiger charge is -2.20. The minimum absolute atomic E-state index is 0.0359. The molecule has 190 valence electrons. The SMILES string of the molecule is C=C1/C=C\C=C/CC(=O)N/N=C\1Cc1ccc(F)c(C(=O)N2C(=O)C3CN(C(=O)C4CC4)CC3C2=O)c1. The van der Waals surface area contributed by atoms with Crippen molar-refractivity contribution in [2.75, 3.05) is 13.1 Å². The molecule has 4 aliphatic rings. The summed E-state index contributed by atoms with van der Waals surface area (Å²) in [5.41, 5.74) is 3.40. The molecular weight excluding hydrogens is 479 g/mol. The number of benzene rings is 1. The first-order valence-corrected chi connectivity index (χ1v) is 12.1. The van der Waals surface area contributed by atoms with E-state index in [2.05, 4.69) is 17.1 Å². The Bertz CT molecular complexity index is 1300. The molecule has 0 radical (unpaired) electrons. The molecule has 9 nitrogen and oxygen atoms in total. The van der Waals surface area contributed by atoms with Gasteiger partial charge in [0.05, 0.1) is 23.1 Å². The number of nitrogens with zero attached hydrogens (tertiary/aromatic N) is 3. The van der Waals surface area contributed by atoms with Gasteiger partial charge >= 0.3 is 0 Å². The predicted octanol–water partition coefficient (Wildman–Crippen LogP) is 1.91. The molecule has 3 aliphatic heterocycles. The highest BCUT2D eigenvalue weighted by Crippen LogP contribution is 2.38. The number of hydrazone groups is 1. The van der Waals surface area contributed by atoms with Crippen molar-refractivity contribution in [1.29, 1.82) is 0 Å². The fraction of sp³-hybridized carbons (Fsp3) is 0.333. The predicted molar refractivity (Wildman–Crippen MR) is 130 cm³/mol. The van der Waals surface area contributed by atoms with Crippen molar-refractivity contribution in [2.24, 2.45) is 22.9 Å². The average molecular weight is 505 g/mol. The van der Waals surface area contributed by atoms with Crippen molar-refractivity contribution in [1.82, 2.24) is 15.2 Å². The van der Waals surface area contributed by atoms with Gasteiger partial charge in [-0.2, -0.15) is 5.10 Å². The first-order chi connectivity index (χ1) is 17.7. The van der Waals surface area contributed by atoms with E-state index in [1.807, 2.05) is 0 Å². The Morgan fingerprint density at radius 1 is 1.08 bits per heavy atom. The van der Waals surface area contributed by atoms with Gasteiger partial charge in [0, 0.05) is 31.8 Å². The molecule has 1 aromatic rings. The molecule has 3 fully saturated rings. The van der Waals surface area contributed by atoms with Crippen molar-refractivity contribution in [3.05, 3.63) is 71.6 Å². The molecule has 3 heterocycles. The van der Waals surface area contributed by atoms with Crippen molar-refractivity contribution >= 4 is 35.2 Å². The minimum Gasteiger partial charge on any atom is -0.341 e. The number of carbonyl (C=O) groups excluding carboxylic acids is 5. The summed E-state index contributed by atoms with van der Waals surface area (Å²) in [5, 5.41) is 4.12. The summed E-state index contributed by atoms with van der Waals surface area (Å²) in [6.07, 6.45) is 8.70. The van der Waals surface area contributed by atoms with Gasteiger partial charge in [-0.15, -0.1) is 0 Å². The summed E-state index contributed by atoms with van der Waals surface area (Å²) in [6.45, 7) is 4.13. The highest BCUT2D eigenvalue weighted by atomic mass is 19.1. The molecule has 1 aliphatic carbocycles. The van der Waals surface area contributed by atoms with Crippen LogP contribution in [-0.4, -0.2) is 58.1 Å². The van der Waals surface area contributed by atoms with Crippen LogP contribution >= 0.6 is 0 Å². The highest BCUT2D eigenvalue weighted by Gasteiger charge is 2.56. The summed E-state index contributed by atoms with van der Waals surface area (Å²) in [4.78, 5) is 65.6. The van der Waals surface area contributed by atoms with Crippen LogP contribution in [0.4, 0.5) is 4.39 Å².